The number of hydrogen-bond donors (Lipinski definition) is 1. The highest BCUT2D eigenvalue weighted by atomic mass is 19.4. The highest BCUT2D eigenvalue weighted by Crippen LogP contribution is 2.40. The van der Waals surface area contributed by atoms with Crippen molar-refractivity contribution in [3.05, 3.63) is 57.5 Å². The second-order valence-electron chi connectivity index (χ2n) is 14.0. The summed E-state index contributed by atoms with van der Waals surface area (Å²) in [7, 11) is 0. The Morgan fingerprint density at radius 3 is 2.42 bits per heavy atom. The van der Waals surface area contributed by atoms with E-state index in [1.165, 1.54) is 4.57 Å². The average Bonchev–Trinajstić information content (AvgIpc) is 3.70. The normalized spacial score (nSPS) is 20.0. The number of benzene rings is 1. The van der Waals surface area contributed by atoms with Gasteiger partial charge in [0.15, 0.2) is 5.82 Å². The van der Waals surface area contributed by atoms with E-state index in [2.05, 4.69) is 10.4 Å². The number of ether oxygens (including phenoxy) is 2. The van der Waals surface area contributed by atoms with Crippen LogP contribution in [0.3, 0.4) is 0 Å². The van der Waals surface area contributed by atoms with Crippen LogP contribution in [-0.2, 0) is 33.4 Å². The lowest BCUT2D eigenvalue weighted by atomic mass is 9.83. The van der Waals surface area contributed by atoms with Crippen LogP contribution < -0.4 is 15.8 Å². The highest BCUT2D eigenvalue weighted by Gasteiger charge is 2.37. The van der Waals surface area contributed by atoms with Gasteiger partial charge in [-0.05, 0) is 83.1 Å². The first-order valence-corrected chi connectivity index (χ1v) is 16.8. The minimum Gasteiger partial charge on any atom is -0.444 e. The first kappa shape index (κ1) is 35.4. The molecule has 2 aromatic heterocycles. The lowest BCUT2D eigenvalue weighted by Crippen LogP contribution is -2.51. The molecule has 0 bridgehead atoms. The number of nitrogens with zero attached hydrogens (tertiary/aromatic N) is 6. The Hall–Kier alpha value is -4.47. The Balaban J connectivity index is 1.35. The average molecular weight is 704 g/mol. The number of amides is 2. The summed E-state index contributed by atoms with van der Waals surface area (Å²) < 4.78 is 68.3. The first-order chi connectivity index (χ1) is 23.6. The standard InChI is InChI=1S/C34H41F4N7O5/c1-5-25-27(42-14-16-43(17-15-42)31(48)50-32(2,3)4)29(47)45-30(40-28(41-45)21-9-12-33(13-10-21)11-6-18-49-33)44(25)20-26(46)39-24-8-7-22(19-23(24)35)34(36,37)38/h7-9,19H,5-6,10-18,20H2,1-4H3,(H,39,46). The van der Waals surface area contributed by atoms with Crippen LogP contribution in [0.5, 0.6) is 0 Å². The van der Waals surface area contributed by atoms with E-state index in [-0.39, 0.29) is 30.2 Å². The summed E-state index contributed by atoms with van der Waals surface area (Å²) in [6, 6.07) is 1.87. The Labute approximate surface area is 286 Å². The van der Waals surface area contributed by atoms with Crippen LogP contribution >= 0.6 is 0 Å². The minimum atomic E-state index is -4.75. The molecule has 1 aliphatic carbocycles. The van der Waals surface area contributed by atoms with Crippen molar-refractivity contribution in [2.45, 2.75) is 90.1 Å². The number of aromatic nitrogens is 4. The molecule has 0 saturated carbocycles. The molecule has 1 aromatic carbocycles. The Morgan fingerprint density at radius 2 is 1.84 bits per heavy atom. The van der Waals surface area contributed by atoms with Crippen molar-refractivity contribution >= 4 is 34.7 Å². The van der Waals surface area contributed by atoms with Crippen LogP contribution in [0, 0.1) is 5.82 Å². The topological polar surface area (TPSA) is 123 Å². The van der Waals surface area contributed by atoms with Crippen LogP contribution in [0.1, 0.15) is 76.9 Å². The molecule has 3 aromatic rings. The van der Waals surface area contributed by atoms with Crippen molar-refractivity contribution < 1.29 is 36.6 Å². The van der Waals surface area contributed by atoms with E-state index < -0.39 is 52.9 Å². The maximum Gasteiger partial charge on any atom is 0.416 e. The fourth-order valence-corrected chi connectivity index (χ4v) is 6.82. The van der Waals surface area contributed by atoms with E-state index in [0.29, 0.717) is 56.0 Å². The molecule has 12 nitrogen and oxygen atoms in total. The molecule has 1 N–H and O–H groups in total. The number of allylic oxidation sites excluding steroid dienone is 1. The van der Waals surface area contributed by atoms with Gasteiger partial charge in [0, 0.05) is 32.8 Å². The van der Waals surface area contributed by atoms with E-state index >= 15 is 0 Å². The predicted octanol–water partition coefficient (Wildman–Crippen LogP) is 5.42. The zero-order chi connectivity index (χ0) is 36.0. The third-order valence-electron chi connectivity index (χ3n) is 9.32. The van der Waals surface area contributed by atoms with Gasteiger partial charge >= 0.3 is 12.3 Å². The fourth-order valence-electron chi connectivity index (χ4n) is 6.82. The molecule has 1 unspecified atom stereocenters. The van der Waals surface area contributed by atoms with Gasteiger partial charge in [0.25, 0.3) is 5.56 Å². The summed E-state index contributed by atoms with van der Waals surface area (Å²) in [5.74, 6) is -1.55. The van der Waals surface area contributed by atoms with Gasteiger partial charge in [-0.25, -0.2) is 9.18 Å². The van der Waals surface area contributed by atoms with Crippen molar-refractivity contribution in [2.24, 2.45) is 0 Å². The number of rotatable bonds is 6. The predicted molar refractivity (Wildman–Crippen MR) is 176 cm³/mol. The summed E-state index contributed by atoms with van der Waals surface area (Å²) in [4.78, 5) is 48.5. The van der Waals surface area contributed by atoms with Crippen LogP contribution in [0.4, 0.5) is 33.7 Å². The van der Waals surface area contributed by atoms with Crippen LogP contribution in [0.2, 0.25) is 0 Å². The van der Waals surface area contributed by atoms with E-state index in [9.17, 15) is 31.9 Å². The molecule has 0 radical (unpaired) electrons. The van der Waals surface area contributed by atoms with Gasteiger partial charge in [-0.1, -0.05) is 13.0 Å². The smallest absolute Gasteiger partial charge is 0.416 e. The van der Waals surface area contributed by atoms with E-state index in [1.54, 1.807) is 25.7 Å². The second kappa shape index (κ2) is 13.3. The van der Waals surface area contributed by atoms with Gasteiger partial charge in [-0.2, -0.15) is 22.7 Å². The number of carbonyl (C=O) groups is 2. The molecule has 1 atom stereocenters. The van der Waals surface area contributed by atoms with Crippen molar-refractivity contribution in [3.8, 4) is 0 Å². The molecular weight excluding hydrogens is 662 g/mol. The number of carbonyl (C=O) groups excluding carboxylic acids is 2. The van der Waals surface area contributed by atoms with Crippen molar-refractivity contribution in [1.29, 1.82) is 0 Å². The SMILES string of the molecule is CCc1c(N2CCN(C(=O)OC(C)(C)C)CC2)c(=O)n2nc(C3=CCC4(CCCO4)CC3)nc2n1CC(=O)Nc1ccc(C(F)(F)F)cc1F. The third kappa shape index (κ3) is 7.21. The zero-order valence-corrected chi connectivity index (χ0v) is 28.5. The van der Waals surface area contributed by atoms with Crippen molar-refractivity contribution in [1.82, 2.24) is 24.1 Å². The summed E-state index contributed by atoms with van der Waals surface area (Å²) >= 11 is 0. The molecule has 2 amide bonds. The largest absolute Gasteiger partial charge is 0.444 e. The van der Waals surface area contributed by atoms with Crippen molar-refractivity contribution in [3.63, 3.8) is 0 Å². The molecule has 2 aliphatic heterocycles. The molecule has 2 fully saturated rings. The molecule has 4 heterocycles. The molecule has 2 saturated heterocycles. The number of hydrogen-bond acceptors (Lipinski definition) is 8. The van der Waals surface area contributed by atoms with Crippen molar-refractivity contribution in [2.75, 3.05) is 43.0 Å². The third-order valence-corrected chi connectivity index (χ3v) is 9.32. The van der Waals surface area contributed by atoms with Gasteiger partial charge in [-0.15, -0.1) is 5.10 Å². The molecule has 3 aliphatic rings. The van der Waals surface area contributed by atoms with Gasteiger partial charge in [-0.3, -0.25) is 9.59 Å². The second-order valence-corrected chi connectivity index (χ2v) is 14.0. The highest BCUT2D eigenvalue weighted by molar-refractivity contribution is 5.91. The van der Waals surface area contributed by atoms with E-state index in [4.69, 9.17) is 14.5 Å². The summed E-state index contributed by atoms with van der Waals surface area (Å²) in [5, 5.41) is 6.98. The summed E-state index contributed by atoms with van der Waals surface area (Å²) in [6.45, 7) is 8.60. The summed E-state index contributed by atoms with van der Waals surface area (Å²) in [6.07, 6.45) is 1.21. The molecule has 270 valence electrons. The van der Waals surface area contributed by atoms with Gasteiger partial charge < -0.3 is 29.2 Å². The first-order valence-electron chi connectivity index (χ1n) is 16.8. The lowest BCUT2D eigenvalue weighted by Gasteiger charge is -2.37. The number of piperazine rings is 1. The molecule has 16 heteroatoms. The zero-order valence-electron chi connectivity index (χ0n) is 28.5. The monoisotopic (exact) mass is 703 g/mol. The molecule has 50 heavy (non-hydrogen) atoms. The number of alkyl halides is 3. The number of nitrogens with one attached hydrogen (secondary N) is 1. The minimum absolute atomic E-state index is 0.0966. The van der Waals surface area contributed by atoms with E-state index in [1.807, 2.05) is 17.9 Å². The van der Waals surface area contributed by atoms with Gasteiger partial charge in [0.1, 0.15) is 23.7 Å². The van der Waals surface area contributed by atoms with Crippen LogP contribution in [0.15, 0.2) is 29.1 Å². The van der Waals surface area contributed by atoms with Crippen LogP contribution in [0.25, 0.3) is 11.4 Å². The quantitative estimate of drug-likeness (QED) is 0.338. The maximum absolute atomic E-state index is 14.7. The lowest BCUT2D eigenvalue weighted by molar-refractivity contribution is -0.137. The fraction of sp³-hybridized carbons (Fsp3) is 0.559. The molecule has 1 spiro atoms. The number of fused-ring (bicyclic) bond motifs is 1. The van der Waals surface area contributed by atoms with Gasteiger partial charge in [0.05, 0.1) is 22.5 Å². The van der Waals surface area contributed by atoms with Crippen LogP contribution in [-0.4, -0.2) is 80.1 Å². The number of anilines is 2. The number of halogens is 4. The Kier molecular flexibility index (Phi) is 9.43. The maximum atomic E-state index is 14.7. The summed E-state index contributed by atoms with van der Waals surface area (Å²) in [5.41, 5.74) is -1.32. The Bertz CT molecular complexity index is 1880. The van der Waals surface area contributed by atoms with E-state index in [0.717, 1.165) is 42.0 Å². The molecule has 6 rings (SSSR count). The Morgan fingerprint density at radius 1 is 1.10 bits per heavy atom. The van der Waals surface area contributed by atoms with Gasteiger partial charge in [0.2, 0.25) is 11.7 Å². The molecular formula is C34H41F4N7O5.